The molecular weight excluding hydrogens is 282 g/mol. The van der Waals surface area contributed by atoms with Crippen LogP contribution < -0.4 is 10.6 Å². The molecule has 1 aromatic heterocycles. The molecule has 1 fully saturated rings. The van der Waals surface area contributed by atoms with Crippen LogP contribution in [0.1, 0.15) is 25.0 Å². The van der Waals surface area contributed by atoms with Crippen molar-refractivity contribution in [2.24, 2.45) is 5.73 Å². The number of nitrogens with two attached hydrogens (primary N) is 1. The number of benzene rings is 2. The lowest BCUT2D eigenvalue weighted by Crippen LogP contribution is -2.29. The maximum Gasteiger partial charge on any atom is 0.0464 e. The molecule has 0 unspecified atom stereocenters. The predicted molar refractivity (Wildman–Crippen MR) is 97.7 cm³/mol. The molecule has 23 heavy (non-hydrogen) atoms. The third-order valence-corrected chi connectivity index (χ3v) is 4.85. The molecule has 0 spiro atoms. The number of hydrogen-bond donors (Lipinski definition) is 2. The third-order valence-electron chi connectivity index (χ3n) is 4.85. The van der Waals surface area contributed by atoms with Gasteiger partial charge in [0.1, 0.15) is 0 Å². The van der Waals surface area contributed by atoms with E-state index in [-0.39, 0.29) is 0 Å². The number of rotatable bonds is 3. The van der Waals surface area contributed by atoms with E-state index in [0.717, 1.165) is 5.69 Å². The van der Waals surface area contributed by atoms with Crippen LogP contribution in [0.4, 0.5) is 5.69 Å². The van der Waals surface area contributed by atoms with Crippen LogP contribution in [0.15, 0.2) is 48.5 Å². The summed E-state index contributed by atoms with van der Waals surface area (Å²) >= 11 is 0. The minimum atomic E-state index is 0.526. The molecule has 3 N–H and O–H groups in total. The molecule has 1 aliphatic heterocycles. The van der Waals surface area contributed by atoms with Gasteiger partial charge in [0.25, 0.3) is 0 Å². The van der Waals surface area contributed by atoms with E-state index >= 15 is 0 Å². The first kappa shape index (κ1) is 14.3. The molecule has 1 aliphatic rings. The van der Waals surface area contributed by atoms with E-state index in [9.17, 15) is 0 Å². The summed E-state index contributed by atoms with van der Waals surface area (Å²) in [5.41, 5.74) is 12.1. The monoisotopic (exact) mass is 305 g/mol. The molecule has 3 aromatic rings. The highest BCUT2D eigenvalue weighted by Gasteiger charge is 2.16. The second kappa shape index (κ2) is 6.09. The second-order valence-electron chi connectivity index (χ2n) is 6.33. The van der Waals surface area contributed by atoms with E-state index in [1.54, 1.807) is 0 Å². The Kier molecular flexibility index (Phi) is 3.80. The molecule has 0 amide bonds. The van der Waals surface area contributed by atoms with Crippen LogP contribution in [-0.2, 0) is 6.54 Å². The Morgan fingerprint density at radius 1 is 0.957 bits per heavy atom. The maximum atomic E-state index is 5.99. The first-order valence-corrected chi connectivity index (χ1v) is 8.52. The molecule has 0 bridgehead atoms. The fraction of sp³-hybridized carbons (Fsp3) is 0.300. The summed E-state index contributed by atoms with van der Waals surface area (Å²) in [6, 6.07) is 17.3. The summed E-state index contributed by atoms with van der Waals surface area (Å²) in [7, 11) is 0. The number of piperidine rings is 1. The molecule has 2 heterocycles. The third kappa shape index (κ3) is 2.62. The molecule has 3 nitrogen and oxygen atoms in total. The van der Waals surface area contributed by atoms with E-state index in [4.69, 9.17) is 5.73 Å². The minimum absolute atomic E-state index is 0.526. The molecule has 0 saturated carbocycles. The number of aromatic amines is 1. The molecule has 4 rings (SSSR count). The Hall–Kier alpha value is -2.26. The van der Waals surface area contributed by atoms with E-state index in [2.05, 4.69) is 58.4 Å². The highest BCUT2D eigenvalue weighted by molar-refractivity contribution is 5.99. The van der Waals surface area contributed by atoms with Gasteiger partial charge in [-0.25, -0.2) is 0 Å². The highest BCUT2D eigenvalue weighted by Crippen LogP contribution is 2.35. The van der Waals surface area contributed by atoms with Gasteiger partial charge in [-0.1, -0.05) is 30.3 Å². The average molecular weight is 305 g/mol. The van der Waals surface area contributed by atoms with Gasteiger partial charge in [-0.2, -0.15) is 0 Å². The first-order chi connectivity index (χ1) is 11.4. The molecule has 3 heteroatoms. The van der Waals surface area contributed by atoms with Crippen LogP contribution in [0.5, 0.6) is 0 Å². The summed E-state index contributed by atoms with van der Waals surface area (Å²) < 4.78 is 0. The van der Waals surface area contributed by atoms with E-state index in [1.165, 1.54) is 60.1 Å². The van der Waals surface area contributed by atoms with Crippen molar-refractivity contribution < 1.29 is 0 Å². The number of hydrogen-bond acceptors (Lipinski definition) is 2. The summed E-state index contributed by atoms with van der Waals surface area (Å²) in [5, 5.41) is 1.28. The summed E-state index contributed by atoms with van der Waals surface area (Å²) in [5.74, 6) is 0. The molecule has 1 saturated heterocycles. The lowest BCUT2D eigenvalue weighted by Gasteiger charge is -2.28. The van der Waals surface area contributed by atoms with Gasteiger partial charge in [0.15, 0.2) is 0 Å². The fourth-order valence-corrected chi connectivity index (χ4v) is 3.67. The molecular formula is C20H23N3. The lowest BCUT2D eigenvalue weighted by atomic mass is 10.0. The summed E-state index contributed by atoms with van der Waals surface area (Å²) in [6.07, 6.45) is 3.95. The van der Waals surface area contributed by atoms with E-state index in [0.29, 0.717) is 6.54 Å². The van der Waals surface area contributed by atoms with Crippen molar-refractivity contribution in [1.82, 2.24) is 4.98 Å². The van der Waals surface area contributed by atoms with Crippen molar-refractivity contribution in [2.75, 3.05) is 18.0 Å². The number of fused-ring (bicyclic) bond motifs is 1. The zero-order chi connectivity index (χ0) is 15.6. The maximum absolute atomic E-state index is 5.99. The number of nitrogens with zero attached hydrogens (tertiary/aromatic N) is 1. The first-order valence-electron chi connectivity index (χ1n) is 8.52. The molecule has 118 valence electrons. The Morgan fingerprint density at radius 2 is 1.74 bits per heavy atom. The summed E-state index contributed by atoms with van der Waals surface area (Å²) in [6.45, 7) is 2.86. The van der Waals surface area contributed by atoms with E-state index < -0.39 is 0 Å². The van der Waals surface area contributed by atoms with Crippen LogP contribution >= 0.6 is 0 Å². The van der Waals surface area contributed by atoms with Gasteiger partial charge < -0.3 is 15.6 Å². The largest absolute Gasteiger partial charge is 0.372 e. The number of anilines is 1. The van der Waals surface area contributed by atoms with Gasteiger partial charge in [-0.3, -0.25) is 0 Å². The van der Waals surface area contributed by atoms with Gasteiger partial charge in [0.2, 0.25) is 0 Å². The Morgan fingerprint density at radius 3 is 2.48 bits per heavy atom. The average Bonchev–Trinajstić information content (AvgIpc) is 3.01. The van der Waals surface area contributed by atoms with Gasteiger partial charge in [0.05, 0.1) is 0 Å². The fourth-order valence-electron chi connectivity index (χ4n) is 3.67. The van der Waals surface area contributed by atoms with Crippen LogP contribution in [0.3, 0.4) is 0 Å². The lowest BCUT2D eigenvalue weighted by molar-refractivity contribution is 0.578. The van der Waals surface area contributed by atoms with Crippen molar-refractivity contribution in [2.45, 2.75) is 25.8 Å². The minimum Gasteiger partial charge on any atom is -0.372 e. The van der Waals surface area contributed by atoms with Gasteiger partial charge in [-0.15, -0.1) is 0 Å². The molecule has 0 radical (unpaired) electrons. The SMILES string of the molecule is NCc1[nH]c2ccc(N3CCCCC3)cc2c1-c1ccccc1. The van der Waals surface area contributed by atoms with Crippen molar-refractivity contribution in [3.05, 3.63) is 54.2 Å². The standard InChI is InChI=1S/C20H23N3/c21-14-19-20(15-7-3-1-4-8-15)17-13-16(9-10-18(17)22-19)23-11-5-2-6-12-23/h1,3-4,7-10,13,22H,2,5-6,11-12,14,21H2. The normalized spacial score (nSPS) is 15.3. The zero-order valence-corrected chi connectivity index (χ0v) is 13.4. The number of H-pyrrole nitrogens is 1. The highest BCUT2D eigenvalue weighted by atomic mass is 15.1. The van der Waals surface area contributed by atoms with Gasteiger partial charge in [0, 0.05) is 47.5 Å². The van der Waals surface area contributed by atoms with Gasteiger partial charge in [-0.05, 0) is 43.0 Å². The van der Waals surface area contributed by atoms with Crippen LogP contribution in [0.25, 0.3) is 22.0 Å². The smallest absolute Gasteiger partial charge is 0.0464 e. The Balaban J connectivity index is 1.86. The van der Waals surface area contributed by atoms with Crippen molar-refractivity contribution in [3.63, 3.8) is 0 Å². The van der Waals surface area contributed by atoms with Crippen LogP contribution in [0.2, 0.25) is 0 Å². The van der Waals surface area contributed by atoms with Crippen LogP contribution in [0, 0.1) is 0 Å². The van der Waals surface area contributed by atoms with Crippen molar-refractivity contribution >= 4 is 16.6 Å². The quantitative estimate of drug-likeness (QED) is 0.758. The zero-order valence-electron chi connectivity index (χ0n) is 13.4. The second-order valence-corrected chi connectivity index (χ2v) is 6.33. The Labute approximate surface area is 137 Å². The van der Waals surface area contributed by atoms with Crippen LogP contribution in [-0.4, -0.2) is 18.1 Å². The number of aromatic nitrogens is 1. The van der Waals surface area contributed by atoms with E-state index in [1.807, 2.05) is 0 Å². The molecule has 0 atom stereocenters. The molecule has 2 aromatic carbocycles. The van der Waals surface area contributed by atoms with Crippen molar-refractivity contribution in [1.29, 1.82) is 0 Å². The predicted octanol–water partition coefficient (Wildman–Crippen LogP) is 4.28. The molecule has 0 aliphatic carbocycles. The summed E-state index contributed by atoms with van der Waals surface area (Å²) in [4.78, 5) is 6.01. The topological polar surface area (TPSA) is 45.1 Å². The number of nitrogens with one attached hydrogen (secondary N) is 1. The van der Waals surface area contributed by atoms with Crippen molar-refractivity contribution in [3.8, 4) is 11.1 Å². The Bertz CT molecular complexity index is 798. The van der Waals surface area contributed by atoms with Gasteiger partial charge >= 0.3 is 0 Å².